The Morgan fingerprint density at radius 2 is 2.29 bits per heavy atom. The first kappa shape index (κ1) is 12.2. The van der Waals surface area contributed by atoms with Crippen LogP contribution < -0.4 is 17.0 Å². The van der Waals surface area contributed by atoms with Crippen LogP contribution in [0.3, 0.4) is 0 Å². The molecule has 1 atom stereocenters. The van der Waals surface area contributed by atoms with Gasteiger partial charge in [-0.1, -0.05) is 11.8 Å². The van der Waals surface area contributed by atoms with Crippen molar-refractivity contribution in [2.24, 2.45) is 16.6 Å². The number of aliphatic imine (C=N–C) groups is 1. The highest BCUT2D eigenvalue weighted by Crippen LogP contribution is 2.37. The summed E-state index contributed by atoms with van der Waals surface area (Å²) in [5, 5.41) is 0.504. The minimum atomic E-state index is -0.605. The van der Waals surface area contributed by atoms with Crippen molar-refractivity contribution in [3.05, 3.63) is 29.6 Å². The van der Waals surface area contributed by atoms with Crippen LogP contribution in [-0.2, 0) is 5.54 Å². The zero-order chi connectivity index (χ0) is 12.5. The van der Waals surface area contributed by atoms with Crippen LogP contribution in [0.1, 0.15) is 18.9 Å². The number of nitrogen functional groups attached to an aromatic ring is 1. The molecule has 0 radical (unpaired) electrons. The predicted octanol–water partition coefficient (Wildman–Crippen LogP) is 1.78. The lowest BCUT2D eigenvalue weighted by Crippen LogP contribution is -2.29. The van der Waals surface area contributed by atoms with E-state index >= 15 is 0 Å². The number of rotatable bonds is 2. The molecule has 0 fully saturated rings. The van der Waals surface area contributed by atoms with Crippen molar-refractivity contribution in [2.45, 2.75) is 18.9 Å². The average Bonchev–Trinajstić information content (AvgIpc) is 2.29. The lowest BCUT2D eigenvalue weighted by Gasteiger charge is -2.30. The molecule has 0 saturated carbocycles. The molecule has 0 saturated heterocycles. The molecule has 0 spiro atoms. The van der Waals surface area contributed by atoms with Crippen LogP contribution in [0.15, 0.2) is 23.2 Å². The first-order chi connectivity index (χ1) is 8.05. The highest BCUT2D eigenvalue weighted by molar-refractivity contribution is 8.13. The highest BCUT2D eigenvalue weighted by atomic mass is 32.2. The van der Waals surface area contributed by atoms with Crippen molar-refractivity contribution in [3.8, 4) is 0 Å². The summed E-state index contributed by atoms with van der Waals surface area (Å²) in [4.78, 5) is 4.37. The molecule has 17 heavy (non-hydrogen) atoms. The van der Waals surface area contributed by atoms with Gasteiger partial charge < -0.3 is 11.2 Å². The number of thioether (sulfide) groups is 1. The number of nitrogens with two attached hydrogens (primary N) is 2. The smallest absolute Gasteiger partial charge is 0.154 e. The Morgan fingerprint density at radius 3 is 2.94 bits per heavy atom. The molecule has 1 aromatic rings. The molecule has 1 aromatic carbocycles. The van der Waals surface area contributed by atoms with Gasteiger partial charge in [0, 0.05) is 17.0 Å². The maximum Gasteiger partial charge on any atom is 0.154 e. The number of hydrogen-bond donors (Lipinski definition) is 3. The summed E-state index contributed by atoms with van der Waals surface area (Å²) in [5.41, 5.74) is 8.81. The van der Waals surface area contributed by atoms with Crippen molar-refractivity contribution >= 4 is 22.6 Å². The first-order valence-corrected chi connectivity index (χ1v) is 6.28. The molecule has 0 aliphatic carbocycles. The number of halogens is 1. The van der Waals surface area contributed by atoms with Crippen LogP contribution in [0.5, 0.6) is 0 Å². The number of hydrogen-bond acceptors (Lipinski definition) is 5. The largest absolute Gasteiger partial charge is 0.379 e. The molecule has 0 amide bonds. The molecule has 0 aromatic heterocycles. The number of amidine groups is 1. The van der Waals surface area contributed by atoms with Crippen LogP contribution in [0.4, 0.5) is 10.1 Å². The Bertz CT molecular complexity index is 463. The van der Waals surface area contributed by atoms with E-state index in [1.165, 1.54) is 17.8 Å². The second-order valence-electron chi connectivity index (χ2n) is 4.16. The molecule has 5 N–H and O–H groups in total. The van der Waals surface area contributed by atoms with Gasteiger partial charge in [0.15, 0.2) is 5.17 Å². The number of hydrazine groups is 1. The van der Waals surface area contributed by atoms with E-state index in [0.29, 0.717) is 16.4 Å². The maximum absolute atomic E-state index is 13.9. The van der Waals surface area contributed by atoms with Gasteiger partial charge in [-0.05, 0) is 31.5 Å². The highest BCUT2D eigenvalue weighted by Gasteiger charge is 2.32. The third-order valence-electron chi connectivity index (χ3n) is 2.91. The number of nitrogens with zero attached hydrogens (tertiary/aromatic N) is 1. The average molecular weight is 254 g/mol. The Hall–Kier alpha value is -1.27. The van der Waals surface area contributed by atoms with E-state index in [-0.39, 0.29) is 5.82 Å². The molecule has 1 heterocycles. The second kappa shape index (κ2) is 4.54. The van der Waals surface area contributed by atoms with Gasteiger partial charge in [0.05, 0.1) is 5.54 Å². The summed E-state index contributed by atoms with van der Waals surface area (Å²) in [6.07, 6.45) is 0.753. The molecule has 6 heteroatoms. The van der Waals surface area contributed by atoms with E-state index in [1.54, 1.807) is 12.1 Å². The minimum absolute atomic E-state index is 0.282. The summed E-state index contributed by atoms with van der Waals surface area (Å²) in [5.74, 6) is 5.89. The molecule has 1 aliphatic heterocycles. The monoisotopic (exact) mass is 254 g/mol. The van der Waals surface area contributed by atoms with Gasteiger partial charge in [0.25, 0.3) is 0 Å². The van der Waals surface area contributed by atoms with Crippen molar-refractivity contribution in [3.63, 3.8) is 0 Å². The fraction of sp³-hybridized carbons (Fsp3) is 0.364. The van der Waals surface area contributed by atoms with Gasteiger partial charge in [-0.15, -0.1) is 0 Å². The SMILES string of the molecule is CC1(c2cc(NN)ccc2F)CCSC(N)=N1. The van der Waals surface area contributed by atoms with Gasteiger partial charge in [0.1, 0.15) is 5.82 Å². The van der Waals surface area contributed by atoms with Crippen LogP contribution >= 0.6 is 11.8 Å². The molecular formula is C11H15FN4S. The zero-order valence-electron chi connectivity index (χ0n) is 9.53. The quantitative estimate of drug-likeness (QED) is 0.555. The maximum atomic E-state index is 13.9. The number of anilines is 1. The summed E-state index contributed by atoms with van der Waals surface area (Å²) in [6.45, 7) is 1.89. The summed E-state index contributed by atoms with van der Waals surface area (Å²) < 4.78 is 13.9. The molecule has 0 bridgehead atoms. The van der Waals surface area contributed by atoms with Crippen LogP contribution in [0.25, 0.3) is 0 Å². The minimum Gasteiger partial charge on any atom is -0.379 e. The fourth-order valence-corrected chi connectivity index (χ4v) is 2.88. The van der Waals surface area contributed by atoms with Gasteiger partial charge in [-0.3, -0.25) is 10.8 Å². The van der Waals surface area contributed by atoms with Crippen molar-refractivity contribution in [2.75, 3.05) is 11.2 Å². The Labute approximate surface area is 104 Å². The fourth-order valence-electron chi connectivity index (χ4n) is 1.91. The normalized spacial score (nSPS) is 24.3. The van der Waals surface area contributed by atoms with Crippen molar-refractivity contribution in [1.82, 2.24) is 0 Å². The lowest BCUT2D eigenvalue weighted by atomic mass is 9.89. The third kappa shape index (κ3) is 2.37. The standard InChI is InChI=1S/C11H15FN4S/c1-11(4-5-17-10(13)15-11)8-6-7(16-14)2-3-9(8)12/h2-3,6,16H,4-5,14H2,1H3,(H2,13,15). The topological polar surface area (TPSA) is 76.4 Å². The van der Waals surface area contributed by atoms with E-state index in [2.05, 4.69) is 10.4 Å². The predicted molar refractivity (Wildman–Crippen MR) is 70.3 cm³/mol. The zero-order valence-corrected chi connectivity index (χ0v) is 10.4. The van der Waals surface area contributed by atoms with Gasteiger partial charge in [-0.25, -0.2) is 4.39 Å². The van der Waals surface area contributed by atoms with E-state index in [9.17, 15) is 4.39 Å². The van der Waals surface area contributed by atoms with Crippen LogP contribution in [0.2, 0.25) is 0 Å². The molecule has 1 aliphatic rings. The first-order valence-electron chi connectivity index (χ1n) is 5.30. The van der Waals surface area contributed by atoms with E-state index < -0.39 is 5.54 Å². The summed E-state index contributed by atoms with van der Waals surface area (Å²) >= 11 is 1.50. The molecule has 1 unspecified atom stereocenters. The Balaban J connectivity index is 2.48. The summed E-state index contributed by atoms with van der Waals surface area (Å²) in [7, 11) is 0. The summed E-state index contributed by atoms with van der Waals surface area (Å²) in [6, 6.07) is 4.66. The van der Waals surface area contributed by atoms with Crippen LogP contribution in [-0.4, -0.2) is 10.9 Å². The number of benzene rings is 1. The Morgan fingerprint density at radius 1 is 1.53 bits per heavy atom. The molecule has 2 rings (SSSR count). The third-order valence-corrected chi connectivity index (χ3v) is 3.70. The van der Waals surface area contributed by atoms with Crippen molar-refractivity contribution in [1.29, 1.82) is 0 Å². The number of nitrogens with one attached hydrogen (secondary N) is 1. The molecule has 92 valence electrons. The van der Waals surface area contributed by atoms with Crippen molar-refractivity contribution < 1.29 is 4.39 Å². The lowest BCUT2D eigenvalue weighted by molar-refractivity contribution is 0.450. The van der Waals surface area contributed by atoms with E-state index in [1.807, 2.05) is 6.92 Å². The van der Waals surface area contributed by atoms with E-state index in [4.69, 9.17) is 11.6 Å². The second-order valence-corrected chi connectivity index (χ2v) is 5.28. The van der Waals surface area contributed by atoms with Gasteiger partial charge in [0.2, 0.25) is 0 Å². The van der Waals surface area contributed by atoms with Gasteiger partial charge >= 0.3 is 0 Å². The van der Waals surface area contributed by atoms with E-state index in [0.717, 1.165) is 12.2 Å². The molecular weight excluding hydrogens is 239 g/mol. The van der Waals surface area contributed by atoms with Crippen LogP contribution in [0, 0.1) is 5.82 Å². The Kier molecular flexibility index (Phi) is 3.26. The van der Waals surface area contributed by atoms with Gasteiger partial charge in [-0.2, -0.15) is 0 Å². The molecule has 4 nitrogen and oxygen atoms in total.